The summed E-state index contributed by atoms with van der Waals surface area (Å²) in [5.74, 6) is 1.10. The second-order valence-corrected chi connectivity index (χ2v) is 8.61. The lowest BCUT2D eigenvalue weighted by molar-refractivity contribution is 0.235. The number of carbonyl (C=O) groups excluding carboxylic acids is 1. The van der Waals surface area contributed by atoms with E-state index in [1.54, 1.807) is 12.1 Å². The predicted molar refractivity (Wildman–Crippen MR) is 120 cm³/mol. The predicted octanol–water partition coefficient (Wildman–Crippen LogP) is 5.50. The van der Waals surface area contributed by atoms with Crippen molar-refractivity contribution in [3.63, 3.8) is 0 Å². The number of carbonyl (C=O) groups is 1. The van der Waals surface area contributed by atoms with Crippen molar-refractivity contribution in [2.75, 3.05) is 6.61 Å². The van der Waals surface area contributed by atoms with Crippen LogP contribution in [0.4, 0.5) is 4.79 Å². The summed E-state index contributed by atoms with van der Waals surface area (Å²) in [6, 6.07) is 14.3. The standard InChI is InChI=1S/C24H26ClN3O3/c1-5-30-20-12-15(10-11-19(20)31-14-16-8-6-7-9-18(16)25)21-17(13-26)22(24(2,3)4)28-23(29)27-21/h6-12,21H,5,14H2,1-4H3,(H2,27,28,29)/t21-/m1/s1. The average molecular weight is 440 g/mol. The van der Waals surface area contributed by atoms with Crippen molar-refractivity contribution in [3.05, 3.63) is 69.9 Å². The van der Waals surface area contributed by atoms with Crippen molar-refractivity contribution in [2.24, 2.45) is 5.41 Å². The van der Waals surface area contributed by atoms with Gasteiger partial charge >= 0.3 is 6.03 Å². The Kier molecular flexibility index (Phi) is 6.77. The number of nitriles is 1. The summed E-state index contributed by atoms with van der Waals surface area (Å²) in [5.41, 5.74) is 2.30. The molecular weight excluding hydrogens is 414 g/mol. The van der Waals surface area contributed by atoms with Crippen LogP contribution < -0.4 is 20.1 Å². The van der Waals surface area contributed by atoms with Crippen molar-refractivity contribution in [2.45, 2.75) is 40.3 Å². The van der Waals surface area contributed by atoms with Crippen LogP contribution >= 0.6 is 11.6 Å². The average Bonchev–Trinajstić information content (AvgIpc) is 2.73. The van der Waals surface area contributed by atoms with Crippen LogP contribution in [0.5, 0.6) is 11.5 Å². The molecule has 31 heavy (non-hydrogen) atoms. The molecule has 7 heteroatoms. The summed E-state index contributed by atoms with van der Waals surface area (Å²) in [5, 5.41) is 16.1. The first-order valence-electron chi connectivity index (χ1n) is 10.1. The van der Waals surface area contributed by atoms with Crippen molar-refractivity contribution in [1.29, 1.82) is 5.26 Å². The number of allylic oxidation sites excluding steroid dienone is 1. The molecule has 2 N–H and O–H groups in total. The van der Waals surface area contributed by atoms with E-state index in [1.165, 1.54) is 0 Å². The minimum Gasteiger partial charge on any atom is -0.490 e. The van der Waals surface area contributed by atoms with E-state index in [0.717, 1.165) is 11.1 Å². The summed E-state index contributed by atoms with van der Waals surface area (Å²) < 4.78 is 11.8. The molecule has 0 bridgehead atoms. The highest BCUT2D eigenvalue weighted by molar-refractivity contribution is 6.31. The summed E-state index contributed by atoms with van der Waals surface area (Å²) in [6.07, 6.45) is 0. The van der Waals surface area contributed by atoms with Crippen molar-refractivity contribution in [1.82, 2.24) is 10.6 Å². The Morgan fingerprint density at radius 1 is 1.13 bits per heavy atom. The molecule has 1 aliphatic heterocycles. The van der Waals surface area contributed by atoms with Crippen LogP contribution in [0.15, 0.2) is 53.7 Å². The fourth-order valence-electron chi connectivity index (χ4n) is 3.39. The zero-order valence-corrected chi connectivity index (χ0v) is 18.8. The Labute approximate surface area is 187 Å². The number of ether oxygens (including phenoxy) is 2. The molecule has 0 spiro atoms. The SMILES string of the molecule is CCOc1cc([C@H]2NC(=O)NC(C(C)(C)C)=C2C#N)ccc1OCc1ccccc1Cl. The minimum absolute atomic E-state index is 0.292. The molecule has 3 rings (SSSR count). The quantitative estimate of drug-likeness (QED) is 0.622. The number of nitrogens with zero attached hydrogens (tertiary/aromatic N) is 1. The Hall–Kier alpha value is -3.17. The van der Waals surface area contributed by atoms with E-state index in [-0.39, 0.29) is 11.4 Å². The number of benzene rings is 2. The summed E-state index contributed by atoms with van der Waals surface area (Å²) in [6.45, 7) is 8.49. The Morgan fingerprint density at radius 3 is 2.52 bits per heavy atom. The van der Waals surface area contributed by atoms with Crippen molar-refractivity contribution < 1.29 is 14.3 Å². The van der Waals surface area contributed by atoms with Crippen LogP contribution in [0.2, 0.25) is 5.02 Å². The van der Waals surface area contributed by atoms with Gasteiger partial charge in [0.2, 0.25) is 0 Å². The van der Waals surface area contributed by atoms with Crippen molar-refractivity contribution in [3.8, 4) is 17.6 Å². The molecule has 2 amide bonds. The van der Waals surface area contributed by atoms with E-state index >= 15 is 0 Å². The van der Waals surface area contributed by atoms with Gasteiger partial charge in [-0.05, 0) is 30.7 Å². The van der Waals surface area contributed by atoms with Gasteiger partial charge in [0.1, 0.15) is 6.61 Å². The lowest BCUT2D eigenvalue weighted by Gasteiger charge is -2.33. The van der Waals surface area contributed by atoms with Crippen LogP contribution in [-0.4, -0.2) is 12.6 Å². The maximum Gasteiger partial charge on any atom is 0.319 e. The summed E-state index contributed by atoms with van der Waals surface area (Å²) in [7, 11) is 0. The first-order valence-corrected chi connectivity index (χ1v) is 10.5. The van der Waals surface area contributed by atoms with Gasteiger partial charge in [-0.25, -0.2) is 4.79 Å². The molecule has 1 aliphatic rings. The fourth-order valence-corrected chi connectivity index (χ4v) is 3.58. The van der Waals surface area contributed by atoms with E-state index < -0.39 is 6.04 Å². The molecule has 162 valence electrons. The number of halogens is 1. The lowest BCUT2D eigenvalue weighted by Crippen LogP contribution is -2.46. The normalized spacial score (nSPS) is 16.3. The van der Waals surface area contributed by atoms with E-state index in [0.29, 0.717) is 41.0 Å². The van der Waals surface area contributed by atoms with Gasteiger partial charge < -0.3 is 20.1 Å². The summed E-state index contributed by atoms with van der Waals surface area (Å²) >= 11 is 6.22. The highest BCUT2D eigenvalue weighted by Crippen LogP contribution is 2.38. The Balaban J connectivity index is 1.95. The smallest absolute Gasteiger partial charge is 0.319 e. The molecule has 1 heterocycles. The van der Waals surface area contributed by atoms with E-state index in [2.05, 4.69) is 16.7 Å². The molecule has 1 atom stereocenters. The monoisotopic (exact) mass is 439 g/mol. The van der Waals surface area contributed by atoms with E-state index in [1.807, 2.05) is 58.0 Å². The molecule has 6 nitrogen and oxygen atoms in total. The van der Waals surface area contributed by atoms with Gasteiger partial charge in [0, 0.05) is 21.7 Å². The van der Waals surface area contributed by atoms with Crippen molar-refractivity contribution >= 4 is 17.6 Å². The van der Waals surface area contributed by atoms with Gasteiger partial charge in [-0.2, -0.15) is 5.26 Å². The van der Waals surface area contributed by atoms with Gasteiger partial charge in [0.15, 0.2) is 11.5 Å². The number of hydrogen-bond acceptors (Lipinski definition) is 4. The zero-order valence-electron chi connectivity index (χ0n) is 18.1. The van der Waals surface area contributed by atoms with Gasteiger partial charge in [-0.1, -0.05) is 56.6 Å². The number of rotatable bonds is 6. The largest absolute Gasteiger partial charge is 0.490 e. The lowest BCUT2D eigenvalue weighted by atomic mass is 9.84. The Morgan fingerprint density at radius 2 is 1.87 bits per heavy atom. The second kappa shape index (κ2) is 9.32. The number of nitrogens with one attached hydrogen (secondary N) is 2. The van der Waals surface area contributed by atoms with Crippen LogP contribution in [0.3, 0.4) is 0 Å². The first kappa shape index (κ1) is 22.5. The van der Waals surface area contributed by atoms with Crippen LogP contribution in [-0.2, 0) is 6.61 Å². The molecular formula is C24H26ClN3O3. The molecule has 2 aromatic rings. The molecule has 0 radical (unpaired) electrons. The van der Waals surface area contributed by atoms with Gasteiger partial charge in [0.25, 0.3) is 0 Å². The number of amides is 2. The Bertz CT molecular complexity index is 1050. The number of hydrogen-bond donors (Lipinski definition) is 2. The van der Waals surface area contributed by atoms with Gasteiger partial charge in [0.05, 0.1) is 24.3 Å². The van der Waals surface area contributed by atoms with Crippen LogP contribution in [0.25, 0.3) is 0 Å². The van der Waals surface area contributed by atoms with Crippen LogP contribution in [0, 0.1) is 16.7 Å². The molecule has 0 aliphatic carbocycles. The number of urea groups is 1. The van der Waals surface area contributed by atoms with E-state index in [9.17, 15) is 10.1 Å². The topological polar surface area (TPSA) is 83.4 Å². The maximum absolute atomic E-state index is 12.3. The van der Waals surface area contributed by atoms with Gasteiger partial charge in [-0.3, -0.25) is 0 Å². The third-order valence-electron chi connectivity index (χ3n) is 4.88. The highest BCUT2D eigenvalue weighted by Gasteiger charge is 2.34. The van der Waals surface area contributed by atoms with Gasteiger partial charge in [-0.15, -0.1) is 0 Å². The maximum atomic E-state index is 12.3. The fraction of sp³-hybridized carbons (Fsp3) is 0.333. The molecule has 0 fully saturated rings. The third kappa shape index (κ3) is 5.12. The zero-order chi connectivity index (χ0) is 22.6. The minimum atomic E-state index is -0.579. The first-order chi connectivity index (χ1) is 14.7. The highest BCUT2D eigenvalue weighted by atomic mass is 35.5. The molecule has 2 aromatic carbocycles. The molecule has 0 saturated heterocycles. The summed E-state index contributed by atoms with van der Waals surface area (Å²) in [4.78, 5) is 12.3. The van der Waals surface area contributed by atoms with E-state index in [4.69, 9.17) is 21.1 Å². The van der Waals surface area contributed by atoms with Crippen LogP contribution in [0.1, 0.15) is 44.9 Å². The molecule has 0 aromatic heterocycles. The molecule has 0 saturated carbocycles. The molecule has 0 unspecified atom stereocenters. The second-order valence-electron chi connectivity index (χ2n) is 8.20. The third-order valence-corrected chi connectivity index (χ3v) is 5.25.